The third-order valence-corrected chi connectivity index (χ3v) is 3.54. The minimum Gasteiger partial charge on any atom is -0.258 e. The van der Waals surface area contributed by atoms with Crippen molar-refractivity contribution >= 4 is 28.2 Å². The molecule has 0 spiro atoms. The zero-order chi connectivity index (χ0) is 14.7. The number of halogens is 1. The molecule has 1 aromatic heterocycles. The number of para-hydroxylation sites is 1. The van der Waals surface area contributed by atoms with Crippen molar-refractivity contribution in [1.29, 1.82) is 0 Å². The van der Waals surface area contributed by atoms with Crippen LogP contribution < -0.4 is 0 Å². The predicted octanol–water partition coefficient (Wildman–Crippen LogP) is 4.34. The lowest BCUT2D eigenvalue weighted by Gasteiger charge is -2.13. The van der Waals surface area contributed by atoms with Crippen LogP contribution in [0.2, 0.25) is 0 Å². The number of non-ortho nitro benzene ring substituents is 1. The Morgan fingerprint density at radius 1 is 1.35 bits per heavy atom. The number of rotatable bonds is 5. The highest BCUT2D eigenvalue weighted by Gasteiger charge is 2.16. The zero-order valence-electron chi connectivity index (χ0n) is 11.5. The van der Waals surface area contributed by atoms with Gasteiger partial charge in [-0.2, -0.15) is 0 Å². The second kappa shape index (κ2) is 6.18. The minimum atomic E-state index is -0.397. The molecule has 2 rings (SSSR count). The van der Waals surface area contributed by atoms with Crippen LogP contribution in [0.1, 0.15) is 25.8 Å². The molecule has 0 aliphatic carbocycles. The molecule has 0 saturated heterocycles. The van der Waals surface area contributed by atoms with Gasteiger partial charge in [0.25, 0.3) is 5.69 Å². The Labute approximate surface area is 122 Å². The van der Waals surface area contributed by atoms with E-state index in [1.807, 2.05) is 12.1 Å². The highest BCUT2D eigenvalue weighted by molar-refractivity contribution is 6.20. The monoisotopic (exact) mass is 292 g/mol. The Hall–Kier alpha value is -1.68. The second-order valence-corrected chi connectivity index (χ2v) is 5.95. The van der Waals surface area contributed by atoms with E-state index in [1.165, 1.54) is 6.07 Å². The van der Waals surface area contributed by atoms with E-state index in [2.05, 4.69) is 18.8 Å². The fraction of sp³-hybridized carbons (Fsp3) is 0.400. The minimum absolute atomic E-state index is 0.0277. The first-order valence-corrected chi connectivity index (χ1v) is 7.07. The molecule has 2 aromatic rings. The first kappa shape index (κ1) is 14.7. The summed E-state index contributed by atoms with van der Waals surface area (Å²) in [5, 5.41) is 11.9. The molecule has 0 bridgehead atoms. The number of pyridine rings is 1. The number of nitrogens with zero attached hydrogens (tertiary/aromatic N) is 2. The molecular formula is C15H17ClN2O2. The fourth-order valence-corrected chi connectivity index (χ4v) is 2.90. The Balaban J connectivity index is 2.40. The third kappa shape index (κ3) is 3.25. The molecule has 0 amide bonds. The molecule has 0 fully saturated rings. The fourth-order valence-electron chi connectivity index (χ4n) is 2.38. The highest BCUT2D eigenvalue weighted by atomic mass is 35.5. The number of alkyl halides is 1. The Kier molecular flexibility index (Phi) is 4.55. The summed E-state index contributed by atoms with van der Waals surface area (Å²) in [5.74, 6) is 0.528. The molecule has 1 heterocycles. The topological polar surface area (TPSA) is 56.0 Å². The van der Waals surface area contributed by atoms with Crippen LogP contribution in [0.3, 0.4) is 0 Å². The molecule has 1 unspecified atom stereocenters. The molecule has 0 radical (unpaired) electrons. The van der Waals surface area contributed by atoms with Crippen molar-refractivity contribution in [2.24, 2.45) is 5.92 Å². The van der Waals surface area contributed by atoms with Crippen LogP contribution in [-0.2, 0) is 6.42 Å². The van der Waals surface area contributed by atoms with Gasteiger partial charge in [0.05, 0.1) is 4.92 Å². The number of nitro groups is 1. The standard InChI is InChI=1S/C15H17ClN2O2/c1-10(2)8-12(16)9-11-6-7-17-15-13(11)4-3-5-14(15)18(19)20/h3-7,10,12H,8-9H2,1-2H3. The smallest absolute Gasteiger partial charge is 0.258 e. The van der Waals surface area contributed by atoms with E-state index in [4.69, 9.17) is 11.6 Å². The van der Waals surface area contributed by atoms with Gasteiger partial charge in [0.2, 0.25) is 0 Å². The zero-order valence-corrected chi connectivity index (χ0v) is 12.3. The van der Waals surface area contributed by atoms with E-state index in [0.717, 1.165) is 17.4 Å². The molecule has 0 N–H and O–H groups in total. The summed E-state index contributed by atoms with van der Waals surface area (Å²) in [5.41, 5.74) is 1.49. The van der Waals surface area contributed by atoms with E-state index < -0.39 is 4.92 Å². The van der Waals surface area contributed by atoms with Crippen LogP contribution in [0.4, 0.5) is 5.69 Å². The molecule has 1 atom stereocenters. The Bertz CT molecular complexity index is 628. The number of benzene rings is 1. The van der Waals surface area contributed by atoms with Gasteiger partial charge in [0.15, 0.2) is 0 Å². The summed E-state index contributed by atoms with van der Waals surface area (Å²) in [7, 11) is 0. The summed E-state index contributed by atoms with van der Waals surface area (Å²) in [6.07, 6.45) is 3.23. The lowest BCUT2D eigenvalue weighted by Crippen LogP contribution is -2.07. The van der Waals surface area contributed by atoms with Crippen molar-refractivity contribution in [1.82, 2.24) is 4.98 Å². The van der Waals surface area contributed by atoms with Gasteiger partial charge in [-0.05, 0) is 30.4 Å². The van der Waals surface area contributed by atoms with Crippen LogP contribution in [0.15, 0.2) is 30.5 Å². The van der Waals surface area contributed by atoms with Gasteiger partial charge in [-0.1, -0.05) is 26.0 Å². The normalized spacial score (nSPS) is 12.8. The maximum absolute atomic E-state index is 11.0. The summed E-state index contributed by atoms with van der Waals surface area (Å²) in [4.78, 5) is 14.8. The van der Waals surface area contributed by atoms with E-state index in [1.54, 1.807) is 12.3 Å². The predicted molar refractivity (Wildman–Crippen MR) is 81.2 cm³/mol. The summed E-state index contributed by atoms with van der Waals surface area (Å²) < 4.78 is 0. The van der Waals surface area contributed by atoms with Gasteiger partial charge in [-0.25, -0.2) is 4.98 Å². The maximum atomic E-state index is 11.0. The first-order chi connectivity index (χ1) is 9.49. The number of hydrogen-bond donors (Lipinski definition) is 0. The summed E-state index contributed by atoms with van der Waals surface area (Å²) >= 11 is 6.36. The van der Waals surface area contributed by atoms with E-state index >= 15 is 0 Å². The molecule has 20 heavy (non-hydrogen) atoms. The van der Waals surface area contributed by atoms with Crippen LogP contribution in [0.5, 0.6) is 0 Å². The van der Waals surface area contributed by atoms with Crippen molar-refractivity contribution < 1.29 is 4.92 Å². The Morgan fingerprint density at radius 2 is 2.10 bits per heavy atom. The number of hydrogen-bond acceptors (Lipinski definition) is 3. The molecule has 106 valence electrons. The number of fused-ring (bicyclic) bond motifs is 1. The van der Waals surface area contributed by atoms with Crippen LogP contribution in [-0.4, -0.2) is 15.3 Å². The lowest BCUT2D eigenvalue weighted by molar-refractivity contribution is -0.383. The van der Waals surface area contributed by atoms with Crippen molar-refractivity contribution in [3.05, 3.63) is 46.1 Å². The number of aromatic nitrogens is 1. The first-order valence-electron chi connectivity index (χ1n) is 6.64. The average molecular weight is 293 g/mol. The van der Waals surface area contributed by atoms with Gasteiger partial charge < -0.3 is 0 Å². The SMILES string of the molecule is CC(C)CC(Cl)Cc1ccnc2c([N+](=O)[O-])cccc12. The molecule has 5 heteroatoms. The molecule has 1 aromatic carbocycles. The number of nitro benzene ring substituents is 1. The largest absolute Gasteiger partial charge is 0.295 e. The quantitative estimate of drug-likeness (QED) is 0.468. The molecule has 0 aliphatic rings. The van der Waals surface area contributed by atoms with Gasteiger partial charge in [0, 0.05) is 23.0 Å². The third-order valence-electron chi connectivity index (χ3n) is 3.21. The van der Waals surface area contributed by atoms with E-state index in [9.17, 15) is 10.1 Å². The van der Waals surface area contributed by atoms with Gasteiger partial charge in [0.1, 0.15) is 5.52 Å². The van der Waals surface area contributed by atoms with E-state index in [0.29, 0.717) is 17.9 Å². The lowest BCUT2D eigenvalue weighted by atomic mass is 9.99. The van der Waals surface area contributed by atoms with Crippen molar-refractivity contribution in [2.45, 2.75) is 32.1 Å². The van der Waals surface area contributed by atoms with Crippen molar-refractivity contribution in [2.75, 3.05) is 0 Å². The van der Waals surface area contributed by atoms with Gasteiger partial charge in [-0.15, -0.1) is 11.6 Å². The van der Waals surface area contributed by atoms with Crippen LogP contribution >= 0.6 is 11.6 Å². The summed E-state index contributed by atoms with van der Waals surface area (Å²) in [6, 6.07) is 6.92. The molecule has 0 saturated carbocycles. The van der Waals surface area contributed by atoms with Crippen molar-refractivity contribution in [3.63, 3.8) is 0 Å². The molecule has 4 nitrogen and oxygen atoms in total. The van der Waals surface area contributed by atoms with Gasteiger partial charge >= 0.3 is 0 Å². The van der Waals surface area contributed by atoms with Crippen molar-refractivity contribution in [3.8, 4) is 0 Å². The Morgan fingerprint density at radius 3 is 2.75 bits per heavy atom. The van der Waals surface area contributed by atoms with Crippen LogP contribution in [0.25, 0.3) is 10.9 Å². The van der Waals surface area contributed by atoms with Gasteiger partial charge in [-0.3, -0.25) is 10.1 Å². The highest BCUT2D eigenvalue weighted by Crippen LogP contribution is 2.27. The van der Waals surface area contributed by atoms with Crippen LogP contribution in [0, 0.1) is 16.0 Å². The van der Waals surface area contributed by atoms with E-state index in [-0.39, 0.29) is 11.1 Å². The summed E-state index contributed by atoms with van der Waals surface area (Å²) in [6.45, 7) is 4.26. The molecule has 0 aliphatic heterocycles. The molecular weight excluding hydrogens is 276 g/mol. The maximum Gasteiger partial charge on any atom is 0.295 e. The average Bonchev–Trinajstić information content (AvgIpc) is 2.37. The second-order valence-electron chi connectivity index (χ2n) is 5.33.